The van der Waals surface area contributed by atoms with Crippen LogP contribution in [0.3, 0.4) is 0 Å². The van der Waals surface area contributed by atoms with E-state index in [0.29, 0.717) is 8.96 Å². The summed E-state index contributed by atoms with van der Waals surface area (Å²) in [5.41, 5.74) is 6.98. The first-order valence-electron chi connectivity index (χ1n) is 18.6. The van der Waals surface area contributed by atoms with E-state index in [2.05, 4.69) is 56.9 Å². The Labute approximate surface area is 374 Å². The van der Waals surface area contributed by atoms with Crippen molar-refractivity contribution < 1.29 is 67.3 Å². The lowest BCUT2D eigenvalue weighted by molar-refractivity contribution is -0.144. The maximum absolute atomic E-state index is 11.7. The van der Waals surface area contributed by atoms with Gasteiger partial charge in [0, 0.05) is 27.7 Å². The molecule has 26 nitrogen and oxygen atoms in total. The van der Waals surface area contributed by atoms with Gasteiger partial charge in [-0.1, -0.05) is 11.3 Å². The largest absolute Gasteiger partial charge is 0.480 e. The van der Waals surface area contributed by atoms with Crippen molar-refractivity contribution in [2.45, 2.75) is 131 Å². The highest BCUT2D eigenvalue weighted by molar-refractivity contribution is 7.73. The second kappa shape index (κ2) is 34.5. The number of H-pyrrole nitrogens is 1. The molecule has 0 spiro atoms. The predicted octanol–water partition coefficient (Wildman–Crippen LogP) is -2.80. The number of esters is 2. The van der Waals surface area contributed by atoms with Crippen molar-refractivity contribution in [2.24, 2.45) is 11.6 Å². The van der Waals surface area contributed by atoms with Gasteiger partial charge in [-0.15, -0.1) is 0 Å². The number of aromatic amines is 1. The van der Waals surface area contributed by atoms with Crippen LogP contribution in [0.1, 0.15) is 94.1 Å². The number of hydrogen-bond donors (Lipinski definition) is 12. The summed E-state index contributed by atoms with van der Waals surface area (Å²) in [5, 5.41) is 32.6. The third-order valence-electron chi connectivity index (χ3n) is 6.79. The van der Waals surface area contributed by atoms with Crippen LogP contribution in [-0.4, -0.2) is 137 Å². The van der Waals surface area contributed by atoms with Crippen LogP contribution in [-0.2, 0) is 62.2 Å². The minimum atomic E-state index is -1.02. The average Bonchev–Trinajstić information content (AvgIpc) is 3.62. The second-order valence-corrected chi connectivity index (χ2v) is 14.7. The Hall–Kier alpha value is -6.13. The molecule has 1 aromatic rings. The van der Waals surface area contributed by atoms with Crippen molar-refractivity contribution in [3.05, 3.63) is 8.96 Å². The molecule has 0 radical (unpaired) electrons. The molecule has 8 unspecified atom stereocenters. The van der Waals surface area contributed by atoms with Crippen LogP contribution in [0.2, 0.25) is 0 Å². The van der Waals surface area contributed by atoms with E-state index in [1.165, 1.54) is 87.9 Å². The molecule has 0 aromatic carbocycles. The number of carbonyl (C=O) groups is 11. The quantitative estimate of drug-likeness (QED) is 0.0278. The van der Waals surface area contributed by atoms with Gasteiger partial charge in [-0.3, -0.25) is 58.5 Å². The van der Waals surface area contributed by atoms with Gasteiger partial charge in [0.15, 0.2) is 3.95 Å². The van der Waals surface area contributed by atoms with Crippen LogP contribution in [0.5, 0.6) is 0 Å². The van der Waals surface area contributed by atoms with Crippen molar-refractivity contribution in [2.75, 3.05) is 14.2 Å². The van der Waals surface area contributed by atoms with Crippen molar-refractivity contribution in [1.29, 1.82) is 0 Å². The van der Waals surface area contributed by atoms with Gasteiger partial charge in [0.1, 0.15) is 47.3 Å². The molecule has 1 aromatic heterocycles. The Balaban J connectivity index is -0.000000356. The maximum atomic E-state index is 11.7. The molecule has 0 saturated carbocycles. The fraction of sp³-hybridized carbons (Fsp3) is 0.629. The molecule has 28 heteroatoms. The summed E-state index contributed by atoms with van der Waals surface area (Å²) in [7, 11) is 2.55. The lowest BCUT2D eigenvalue weighted by atomic mass is 10.2. The van der Waals surface area contributed by atoms with Gasteiger partial charge >= 0.3 is 17.9 Å². The summed E-state index contributed by atoms with van der Waals surface area (Å²) in [5.74, 6) is 0.147. The van der Waals surface area contributed by atoms with E-state index in [0.717, 1.165) is 0 Å². The summed E-state index contributed by atoms with van der Waals surface area (Å²) < 4.78 is 9.25. The third-order valence-corrected chi connectivity index (χ3v) is 8.07. The van der Waals surface area contributed by atoms with Crippen molar-refractivity contribution >= 4 is 88.7 Å². The van der Waals surface area contributed by atoms with Gasteiger partial charge in [-0.2, -0.15) is 5.10 Å². The number of hydrazine groups is 1. The van der Waals surface area contributed by atoms with E-state index < -0.39 is 72.0 Å². The first kappa shape index (κ1) is 63.5. The summed E-state index contributed by atoms with van der Waals surface area (Å²) in [4.78, 5) is 119. The Bertz CT molecular complexity index is 1690. The molecule has 360 valence electrons. The highest BCUT2D eigenvalue weighted by atomic mass is 32.1. The maximum Gasteiger partial charge on any atom is 0.328 e. The number of carbonyl (C=O) groups excluding carboxylic acids is 10. The van der Waals surface area contributed by atoms with E-state index in [4.69, 9.17) is 28.9 Å². The van der Waals surface area contributed by atoms with E-state index in [-0.39, 0.29) is 41.5 Å². The number of aromatic nitrogens is 2. The number of ether oxygens (including phenoxy) is 2. The Kier molecular flexibility index (Phi) is 34.7. The summed E-state index contributed by atoms with van der Waals surface area (Å²) in [6, 6.07) is -4.91. The van der Waals surface area contributed by atoms with Crippen molar-refractivity contribution in [3.8, 4) is 0 Å². The van der Waals surface area contributed by atoms with Gasteiger partial charge in [-0.05, 0) is 67.6 Å². The molecule has 0 fully saturated rings. The highest BCUT2D eigenvalue weighted by Crippen LogP contribution is 2.14. The minimum Gasteiger partial charge on any atom is -0.480 e. The zero-order chi connectivity index (χ0) is 50.3. The number of aliphatic carboxylic acids is 1. The average molecular weight is 941 g/mol. The van der Waals surface area contributed by atoms with Gasteiger partial charge < -0.3 is 57.5 Å². The summed E-state index contributed by atoms with van der Waals surface area (Å²) >= 11 is 6.21. The molecular weight excluding hydrogens is 877 g/mol. The standard InChI is InChI=1S/C9H14N4O2S2.C9H16N2O4.C8H16N4O3.C5H9NO3.C4H9NO2/c1-4(10-6(3)14)7(15)11-5(2)8-12-13-9(16)17-8;1-5(10-7(3)12)8(13)11-6(2)9(14)15-4;1-4(10-6(3)13)7(14)11-5(2)8(15)12-9;1-3(5(8)9)6-4(2)7;1-3(5)4(6)7-2/h4-5H,1-3H3,(H,10,14)(H,11,15)(H,13,16);5-6H,1-4H3,(H,10,12)(H,11,13);4-5H,9H2,1-3H3,(H,10,13)(H,11,14)(H,12,15);3H,1-2H3,(H,6,7)(H,8,9);3H,5H2,1-2H3. The van der Waals surface area contributed by atoms with Crippen LogP contribution in [0, 0.1) is 3.95 Å². The van der Waals surface area contributed by atoms with Gasteiger partial charge in [-0.25, -0.2) is 10.6 Å². The first-order chi connectivity index (χ1) is 28.9. The Morgan fingerprint density at radius 1 is 0.571 bits per heavy atom. The SMILES string of the molecule is CC(=O)NC(C)C(=O)NC(C)C(=O)NN.CC(=O)NC(C)C(=O)NC(C)c1n[nH]c(=S)s1.CC(=O)NC(C)C(=O)O.COC(=O)C(C)N.COC(=O)C(C)NC(=O)C(C)NC(C)=O. The molecule has 14 N–H and O–H groups in total. The fourth-order valence-corrected chi connectivity index (χ4v) is 4.50. The molecule has 1 heterocycles. The lowest BCUT2D eigenvalue weighted by Gasteiger charge is -2.16. The number of amides is 8. The van der Waals surface area contributed by atoms with Crippen LogP contribution in [0.4, 0.5) is 0 Å². The molecule has 0 aliphatic carbocycles. The zero-order valence-corrected chi connectivity index (χ0v) is 39.4. The molecule has 0 aliphatic rings. The van der Waals surface area contributed by atoms with E-state index >= 15 is 0 Å². The minimum absolute atomic E-state index is 0.239. The number of nitrogens with two attached hydrogens (primary N) is 2. The highest BCUT2D eigenvalue weighted by Gasteiger charge is 2.21. The number of carboxylic acids is 1. The van der Waals surface area contributed by atoms with Crippen molar-refractivity contribution in [3.63, 3.8) is 0 Å². The van der Waals surface area contributed by atoms with Gasteiger partial charge in [0.2, 0.25) is 41.4 Å². The van der Waals surface area contributed by atoms with Crippen LogP contribution >= 0.6 is 23.6 Å². The number of nitrogens with zero attached hydrogens (tertiary/aromatic N) is 1. The molecule has 8 atom stereocenters. The van der Waals surface area contributed by atoms with E-state index in [1.54, 1.807) is 20.8 Å². The molecule has 0 bridgehead atoms. The molecule has 63 heavy (non-hydrogen) atoms. The smallest absolute Gasteiger partial charge is 0.328 e. The number of hydrogen-bond acceptors (Lipinski definition) is 18. The van der Waals surface area contributed by atoms with Crippen LogP contribution in [0.25, 0.3) is 0 Å². The second-order valence-electron chi connectivity index (χ2n) is 13.0. The molecule has 0 saturated heterocycles. The molecule has 0 aliphatic heterocycles. The number of carboxylic acid groups (broad SMARTS) is 1. The topological polar surface area (TPSA) is 403 Å². The molecule has 1 rings (SSSR count). The summed E-state index contributed by atoms with van der Waals surface area (Å²) in [6.07, 6.45) is 0. The van der Waals surface area contributed by atoms with E-state index in [1.807, 2.05) is 5.43 Å². The van der Waals surface area contributed by atoms with Crippen LogP contribution in [0.15, 0.2) is 0 Å². The first-order valence-corrected chi connectivity index (χ1v) is 19.8. The molecule has 8 amide bonds. The number of methoxy groups -OCH3 is 2. The fourth-order valence-electron chi connectivity index (χ4n) is 3.59. The number of nitrogens with one attached hydrogen (secondary N) is 9. The zero-order valence-electron chi connectivity index (χ0n) is 37.8. The normalized spacial score (nSPS) is 13.4. The van der Waals surface area contributed by atoms with E-state index in [9.17, 15) is 52.7 Å². The van der Waals surface area contributed by atoms with Gasteiger partial charge in [0.25, 0.3) is 5.91 Å². The van der Waals surface area contributed by atoms with Gasteiger partial charge in [0.05, 0.1) is 20.3 Å². The monoisotopic (exact) mass is 940 g/mol. The lowest BCUT2D eigenvalue weighted by Crippen LogP contribution is -2.52. The van der Waals surface area contributed by atoms with Crippen molar-refractivity contribution in [1.82, 2.24) is 52.8 Å². The third kappa shape index (κ3) is 34.2. The Morgan fingerprint density at radius 2 is 0.905 bits per heavy atom. The predicted molar refractivity (Wildman–Crippen MR) is 230 cm³/mol. The van der Waals surface area contributed by atoms with Crippen LogP contribution < -0.4 is 54.2 Å². The molecular formula is C35H64N12O14S2. The Morgan fingerprint density at radius 3 is 1.16 bits per heavy atom. The number of rotatable bonds is 15. The summed E-state index contributed by atoms with van der Waals surface area (Å²) in [6.45, 7) is 17.7.